The molecule has 5 heteroatoms. The van der Waals surface area contributed by atoms with E-state index in [9.17, 15) is 4.79 Å². The lowest BCUT2D eigenvalue weighted by Crippen LogP contribution is -1.98. The van der Waals surface area contributed by atoms with Gasteiger partial charge in [-0.05, 0) is 6.07 Å². The molecule has 2 heterocycles. The molecule has 16 heavy (non-hydrogen) atoms. The second-order valence-corrected chi connectivity index (χ2v) is 3.27. The molecule has 0 fully saturated rings. The molecule has 0 amide bonds. The van der Waals surface area contributed by atoms with Crippen LogP contribution < -0.4 is 5.63 Å². The van der Waals surface area contributed by atoms with Gasteiger partial charge in [-0.1, -0.05) is 18.2 Å². The third kappa shape index (κ3) is 1.30. The summed E-state index contributed by atoms with van der Waals surface area (Å²) in [5.74, 6) is 0. The van der Waals surface area contributed by atoms with Crippen LogP contribution in [-0.4, -0.2) is 10.4 Å². The molecule has 1 aromatic carbocycles. The lowest BCUT2D eigenvalue weighted by atomic mass is 10.1. The first-order valence-electron chi connectivity index (χ1n) is 4.65. The van der Waals surface area contributed by atoms with Gasteiger partial charge in [0.2, 0.25) is 0 Å². The molecular formula is C11H6N2O3. The maximum atomic E-state index is 11.4. The minimum Gasteiger partial charge on any atom is -0.423 e. The van der Waals surface area contributed by atoms with E-state index in [-0.39, 0.29) is 0 Å². The third-order valence-corrected chi connectivity index (χ3v) is 2.29. The van der Waals surface area contributed by atoms with Crippen LogP contribution in [0.4, 0.5) is 0 Å². The Labute approximate surface area is 89.3 Å². The molecule has 0 atom stereocenters. The van der Waals surface area contributed by atoms with Crippen molar-refractivity contribution < 1.29 is 8.94 Å². The Morgan fingerprint density at radius 1 is 1.19 bits per heavy atom. The summed E-state index contributed by atoms with van der Waals surface area (Å²) in [6, 6.07) is 8.62. The minimum absolute atomic E-state index is 0.420. The summed E-state index contributed by atoms with van der Waals surface area (Å²) >= 11 is 0. The van der Waals surface area contributed by atoms with E-state index in [1.165, 1.54) is 12.3 Å². The number of hydrogen-bond acceptors (Lipinski definition) is 5. The summed E-state index contributed by atoms with van der Waals surface area (Å²) in [6.45, 7) is 0. The zero-order chi connectivity index (χ0) is 11.0. The Kier molecular flexibility index (Phi) is 1.83. The van der Waals surface area contributed by atoms with Crippen LogP contribution in [0.15, 0.2) is 50.3 Å². The van der Waals surface area contributed by atoms with Crippen LogP contribution in [0.5, 0.6) is 0 Å². The van der Waals surface area contributed by atoms with Crippen molar-refractivity contribution in [1.82, 2.24) is 10.4 Å². The molecule has 0 saturated heterocycles. The van der Waals surface area contributed by atoms with Gasteiger partial charge in [-0.2, -0.15) is 0 Å². The number of aromatic nitrogens is 2. The summed E-state index contributed by atoms with van der Waals surface area (Å²) in [5.41, 5.74) is 1.28. The predicted molar refractivity (Wildman–Crippen MR) is 55.8 cm³/mol. The summed E-state index contributed by atoms with van der Waals surface area (Å²) in [4.78, 5) is 11.4. The zero-order valence-electron chi connectivity index (χ0n) is 8.08. The molecule has 0 aliphatic heterocycles. The third-order valence-electron chi connectivity index (χ3n) is 2.29. The lowest BCUT2D eigenvalue weighted by molar-refractivity contribution is 0.393. The van der Waals surface area contributed by atoms with Crippen molar-refractivity contribution in [3.8, 4) is 11.3 Å². The van der Waals surface area contributed by atoms with E-state index in [2.05, 4.69) is 14.9 Å². The van der Waals surface area contributed by atoms with Crippen LogP contribution >= 0.6 is 0 Å². The highest BCUT2D eigenvalue weighted by molar-refractivity contribution is 5.91. The number of benzene rings is 1. The van der Waals surface area contributed by atoms with Crippen LogP contribution in [-0.2, 0) is 0 Å². The quantitative estimate of drug-likeness (QED) is 0.578. The Balaban J connectivity index is 2.44. The maximum absolute atomic E-state index is 11.4. The SMILES string of the molecule is O=c1cc(-c2conn2)c2ccccc2o1. The fraction of sp³-hybridized carbons (Fsp3) is 0. The maximum Gasteiger partial charge on any atom is 0.336 e. The minimum atomic E-state index is -0.420. The first-order valence-corrected chi connectivity index (χ1v) is 4.65. The second kappa shape index (κ2) is 3.30. The highest BCUT2D eigenvalue weighted by atomic mass is 16.5. The summed E-state index contributed by atoms with van der Waals surface area (Å²) < 4.78 is 9.73. The molecule has 0 aliphatic carbocycles. The van der Waals surface area contributed by atoms with Crippen molar-refractivity contribution in [1.29, 1.82) is 0 Å². The standard InChI is InChI=1S/C11H6N2O3/c14-11-5-8(9-6-15-13-12-9)7-3-1-2-4-10(7)16-11/h1-6H. The van der Waals surface area contributed by atoms with E-state index in [4.69, 9.17) is 4.42 Å². The van der Waals surface area contributed by atoms with Crippen molar-refractivity contribution in [2.45, 2.75) is 0 Å². The molecule has 3 aromatic rings. The smallest absolute Gasteiger partial charge is 0.336 e. The largest absolute Gasteiger partial charge is 0.423 e. The fourth-order valence-electron chi connectivity index (χ4n) is 1.61. The van der Waals surface area contributed by atoms with Crippen LogP contribution in [0.25, 0.3) is 22.2 Å². The second-order valence-electron chi connectivity index (χ2n) is 3.27. The molecule has 0 N–H and O–H groups in total. The molecule has 0 spiro atoms. The summed E-state index contributed by atoms with van der Waals surface area (Å²) in [7, 11) is 0. The average Bonchev–Trinajstić information content (AvgIpc) is 2.81. The van der Waals surface area contributed by atoms with E-state index in [0.717, 1.165) is 5.39 Å². The van der Waals surface area contributed by atoms with Crippen molar-refractivity contribution in [3.05, 3.63) is 47.0 Å². The molecule has 2 aromatic heterocycles. The molecule has 0 radical (unpaired) electrons. The number of fused-ring (bicyclic) bond motifs is 1. The fourth-order valence-corrected chi connectivity index (χ4v) is 1.61. The van der Waals surface area contributed by atoms with Gasteiger partial charge in [0.15, 0.2) is 6.26 Å². The van der Waals surface area contributed by atoms with Gasteiger partial charge in [0.1, 0.15) is 11.3 Å². The zero-order valence-corrected chi connectivity index (χ0v) is 8.08. The van der Waals surface area contributed by atoms with Gasteiger partial charge in [0.25, 0.3) is 0 Å². The number of nitrogens with zero attached hydrogens (tertiary/aromatic N) is 2. The first kappa shape index (κ1) is 8.84. The van der Waals surface area contributed by atoms with Gasteiger partial charge in [0, 0.05) is 22.3 Å². The van der Waals surface area contributed by atoms with Crippen molar-refractivity contribution in [2.24, 2.45) is 0 Å². The molecule has 0 saturated carbocycles. The Morgan fingerprint density at radius 3 is 2.88 bits per heavy atom. The topological polar surface area (TPSA) is 69.1 Å². The van der Waals surface area contributed by atoms with Gasteiger partial charge in [-0.25, -0.2) is 4.79 Å². The first-order chi connectivity index (χ1) is 7.84. The van der Waals surface area contributed by atoms with Gasteiger partial charge in [-0.3, -0.25) is 0 Å². The Bertz CT molecular complexity index is 686. The van der Waals surface area contributed by atoms with Crippen LogP contribution in [0.3, 0.4) is 0 Å². The predicted octanol–water partition coefficient (Wildman–Crippen LogP) is 1.84. The van der Waals surface area contributed by atoms with E-state index >= 15 is 0 Å². The Hall–Kier alpha value is -2.43. The normalized spacial score (nSPS) is 10.8. The number of hydrogen-bond donors (Lipinski definition) is 0. The molecule has 78 valence electrons. The van der Waals surface area contributed by atoms with E-state index in [0.29, 0.717) is 16.8 Å². The molecule has 0 bridgehead atoms. The lowest BCUT2D eigenvalue weighted by Gasteiger charge is -2.00. The highest BCUT2D eigenvalue weighted by Gasteiger charge is 2.09. The van der Waals surface area contributed by atoms with E-state index < -0.39 is 5.63 Å². The van der Waals surface area contributed by atoms with Crippen LogP contribution in [0.2, 0.25) is 0 Å². The Morgan fingerprint density at radius 2 is 2.06 bits per heavy atom. The van der Waals surface area contributed by atoms with Crippen LogP contribution in [0, 0.1) is 0 Å². The number of rotatable bonds is 1. The molecule has 0 unspecified atom stereocenters. The summed E-state index contributed by atoms with van der Waals surface area (Å²) in [5, 5.41) is 7.96. The molecule has 0 aliphatic rings. The van der Waals surface area contributed by atoms with Crippen molar-refractivity contribution >= 4 is 11.0 Å². The molecule has 5 nitrogen and oxygen atoms in total. The number of para-hydroxylation sites is 1. The van der Waals surface area contributed by atoms with Crippen molar-refractivity contribution in [2.75, 3.05) is 0 Å². The monoisotopic (exact) mass is 214 g/mol. The van der Waals surface area contributed by atoms with Gasteiger partial charge in [0.05, 0.1) is 0 Å². The summed E-state index contributed by atoms with van der Waals surface area (Å²) in [6.07, 6.45) is 1.39. The van der Waals surface area contributed by atoms with Gasteiger partial charge in [-0.15, -0.1) is 5.10 Å². The van der Waals surface area contributed by atoms with Crippen molar-refractivity contribution in [3.63, 3.8) is 0 Å². The average molecular weight is 214 g/mol. The van der Waals surface area contributed by atoms with Gasteiger partial charge < -0.3 is 8.94 Å². The van der Waals surface area contributed by atoms with E-state index in [1.54, 1.807) is 12.1 Å². The molecule has 3 rings (SSSR count). The highest BCUT2D eigenvalue weighted by Crippen LogP contribution is 2.24. The van der Waals surface area contributed by atoms with Gasteiger partial charge >= 0.3 is 5.63 Å². The molecular weight excluding hydrogens is 208 g/mol. The van der Waals surface area contributed by atoms with Crippen LogP contribution in [0.1, 0.15) is 0 Å². The van der Waals surface area contributed by atoms with E-state index in [1.807, 2.05) is 12.1 Å².